The molecule has 3 aromatic rings. The van der Waals surface area contributed by atoms with Crippen molar-refractivity contribution in [2.24, 2.45) is 0 Å². The number of benzene rings is 2. The molecule has 0 aliphatic rings. The standard InChI is InChI=1S/C24H33N5O2S/c1-16-17(2)25-23(27-18-11-13-20(31-6)14-12-18)28-22(16)26-19-9-8-10-21(15-19)32(7,30)29-24(3,4)5/h8-15,32H,1-7H3,(H,29,30)(H2,25,26,27,28). The first kappa shape index (κ1) is 23.7. The minimum Gasteiger partial charge on any atom is -0.497 e. The van der Waals surface area contributed by atoms with Gasteiger partial charge in [-0.3, -0.25) is 8.93 Å². The summed E-state index contributed by atoms with van der Waals surface area (Å²) in [5.41, 5.74) is 3.24. The predicted molar refractivity (Wildman–Crippen MR) is 134 cm³/mol. The number of nitrogens with one attached hydrogen (secondary N) is 3. The SMILES string of the molecule is COc1ccc(Nc2nc(C)c(C)c(Nc3cccc([SH](C)(=O)NC(C)(C)C)c3)n2)cc1. The van der Waals surface area contributed by atoms with Gasteiger partial charge in [0.15, 0.2) is 0 Å². The highest BCUT2D eigenvalue weighted by Gasteiger charge is 2.20. The van der Waals surface area contributed by atoms with Crippen LogP contribution in [0.3, 0.4) is 0 Å². The molecule has 7 nitrogen and oxygen atoms in total. The van der Waals surface area contributed by atoms with Crippen LogP contribution in [-0.2, 0) is 10.1 Å². The summed E-state index contributed by atoms with van der Waals surface area (Å²) in [6.45, 7) is 9.96. The second-order valence-electron chi connectivity index (χ2n) is 8.92. The molecule has 1 heterocycles. The van der Waals surface area contributed by atoms with Crippen molar-refractivity contribution in [3.63, 3.8) is 0 Å². The molecule has 172 valence electrons. The predicted octanol–water partition coefficient (Wildman–Crippen LogP) is 4.90. The van der Waals surface area contributed by atoms with Crippen molar-refractivity contribution in [2.45, 2.75) is 45.1 Å². The van der Waals surface area contributed by atoms with Crippen LogP contribution in [0.2, 0.25) is 0 Å². The first-order valence-electron chi connectivity index (χ1n) is 10.5. The van der Waals surface area contributed by atoms with Crippen LogP contribution in [-0.4, -0.2) is 33.1 Å². The summed E-state index contributed by atoms with van der Waals surface area (Å²) < 4.78 is 21.7. The Bertz CT molecular complexity index is 1140. The van der Waals surface area contributed by atoms with Gasteiger partial charge in [-0.05, 0) is 87.2 Å². The first-order chi connectivity index (χ1) is 15.0. The molecule has 0 atom stereocenters. The average Bonchev–Trinajstić information content (AvgIpc) is 2.71. The Morgan fingerprint density at radius 3 is 2.25 bits per heavy atom. The van der Waals surface area contributed by atoms with Crippen LogP contribution >= 0.6 is 0 Å². The molecule has 2 aromatic carbocycles. The smallest absolute Gasteiger partial charge is 0.229 e. The Balaban J connectivity index is 1.86. The molecule has 1 aromatic heterocycles. The quantitative estimate of drug-likeness (QED) is 0.379. The molecular formula is C24H33N5O2S. The maximum absolute atomic E-state index is 13.3. The summed E-state index contributed by atoms with van der Waals surface area (Å²) >= 11 is 0. The van der Waals surface area contributed by atoms with Gasteiger partial charge in [0, 0.05) is 39.3 Å². The van der Waals surface area contributed by atoms with E-state index >= 15 is 0 Å². The van der Waals surface area contributed by atoms with Gasteiger partial charge in [-0.2, -0.15) is 4.98 Å². The number of methoxy groups -OCH3 is 1. The van der Waals surface area contributed by atoms with E-state index in [0.29, 0.717) is 11.8 Å². The number of rotatable bonds is 7. The zero-order valence-corrected chi connectivity index (χ0v) is 20.7. The van der Waals surface area contributed by atoms with Crippen LogP contribution in [0.5, 0.6) is 5.75 Å². The van der Waals surface area contributed by atoms with Crippen molar-refractivity contribution >= 4 is 33.3 Å². The third-order valence-corrected chi connectivity index (χ3v) is 7.25. The fraction of sp³-hybridized carbons (Fsp3) is 0.333. The molecule has 0 aliphatic heterocycles. The number of aryl methyl sites for hydroxylation is 1. The van der Waals surface area contributed by atoms with E-state index in [-0.39, 0.29) is 5.54 Å². The molecule has 8 heteroatoms. The minimum absolute atomic E-state index is 0.254. The molecule has 0 bridgehead atoms. The van der Waals surface area contributed by atoms with E-state index in [1.165, 1.54) is 0 Å². The monoisotopic (exact) mass is 455 g/mol. The fourth-order valence-electron chi connectivity index (χ4n) is 3.30. The van der Waals surface area contributed by atoms with Crippen LogP contribution in [0, 0.1) is 13.8 Å². The van der Waals surface area contributed by atoms with Gasteiger partial charge in [0.25, 0.3) is 0 Å². The van der Waals surface area contributed by atoms with E-state index in [1.54, 1.807) is 13.4 Å². The topological polar surface area (TPSA) is 88.2 Å². The summed E-state index contributed by atoms with van der Waals surface area (Å²) in [4.78, 5) is 9.99. The Hall–Kier alpha value is -2.97. The third kappa shape index (κ3) is 6.05. The van der Waals surface area contributed by atoms with E-state index in [4.69, 9.17) is 4.74 Å². The first-order valence-corrected chi connectivity index (χ1v) is 12.6. The highest BCUT2D eigenvalue weighted by molar-refractivity contribution is 8.00. The Kier molecular flexibility index (Phi) is 6.85. The number of thiol groups is 1. The van der Waals surface area contributed by atoms with Crippen molar-refractivity contribution in [3.8, 4) is 5.75 Å². The average molecular weight is 456 g/mol. The molecule has 0 fully saturated rings. The van der Waals surface area contributed by atoms with Crippen molar-refractivity contribution in [1.82, 2.24) is 14.7 Å². The van der Waals surface area contributed by atoms with E-state index in [9.17, 15) is 4.21 Å². The van der Waals surface area contributed by atoms with Crippen LogP contribution in [0.15, 0.2) is 53.4 Å². The van der Waals surface area contributed by atoms with Gasteiger partial charge in [0.1, 0.15) is 11.6 Å². The second kappa shape index (κ2) is 9.26. The number of anilines is 4. The summed E-state index contributed by atoms with van der Waals surface area (Å²) in [5, 5.41) is 6.61. The third-order valence-electron chi connectivity index (χ3n) is 4.89. The number of aromatic nitrogens is 2. The molecule has 0 aliphatic carbocycles. The molecule has 0 spiro atoms. The maximum atomic E-state index is 13.3. The van der Waals surface area contributed by atoms with Gasteiger partial charge < -0.3 is 15.4 Å². The molecule has 0 radical (unpaired) electrons. The lowest BCUT2D eigenvalue weighted by molar-refractivity contribution is 0.415. The van der Waals surface area contributed by atoms with Crippen LogP contribution in [0.25, 0.3) is 0 Å². The number of hydrogen-bond acceptors (Lipinski definition) is 6. The zero-order chi connectivity index (χ0) is 23.5. The van der Waals surface area contributed by atoms with Gasteiger partial charge in [0.2, 0.25) is 5.95 Å². The number of nitrogens with zero attached hydrogens (tertiary/aromatic N) is 2. The molecule has 0 saturated heterocycles. The Labute approximate surface area is 191 Å². The van der Waals surface area contributed by atoms with Gasteiger partial charge >= 0.3 is 0 Å². The molecule has 3 rings (SSSR count). The van der Waals surface area contributed by atoms with Gasteiger partial charge in [-0.25, -0.2) is 4.98 Å². The summed E-state index contributed by atoms with van der Waals surface area (Å²) in [7, 11) is -1.09. The maximum Gasteiger partial charge on any atom is 0.229 e. The van der Waals surface area contributed by atoms with Crippen LogP contribution < -0.4 is 20.1 Å². The summed E-state index contributed by atoms with van der Waals surface area (Å²) in [5.74, 6) is 1.97. The van der Waals surface area contributed by atoms with E-state index in [0.717, 1.165) is 33.3 Å². The lowest BCUT2D eigenvalue weighted by atomic mass is 10.1. The number of hydrogen-bond donors (Lipinski definition) is 4. The van der Waals surface area contributed by atoms with Crippen molar-refractivity contribution < 1.29 is 8.95 Å². The molecule has 0 unspecified atom stereocenters. The fourth-order valence-corrected chi connectivity index (χ4v) is 5.47. The Morgan fingerprint density at radius 1 is 0.938 bits per heavy atom. The van der Waals surface area contributed by atoms with Crippen molar-refractivity contribution in [3.05, 3.63) is 59.8 Å². The largest absolute Gasteiger partial charge is 0.497 e. The van der Waals surface area contributed by atoms with Crippen LogP contribution in [0.1, 0.15) is 32.0 Å². The number of ether oxygens (including phenoxy) is 1. The normalized spacial score (nSPS) is 12.3. The van der Waals surface area contributed by atoms with Gasteiger partial charge in [-0.15, -0.1) is 0 Å². The second-order valence-corrected chi connectivity index (χ2v) is 11.5. The molecular weight excluding hydrogens is 422 g/mol. The van der Waals surface area contributed by atoms with Gasteiger partial charge in [-0.1, -0.05) is 6.07 Å². The summed E-state index contributed by atoms with van der Waals surface area (Å²) in [6, 6.07) is 15.2. The summed E-state index contributed by atoms with van der Waals surface area (Å²) in [6.07, 6.45) is 1.76. The molecule has 32 heavy (non-hydrogen) atoms. The lowest BCUT2D eigenvalue weighted by Gasteiger charge is -2.30. The highest BCUT2D eigenvalue weighted by atomic mass is 32.3. The zero-order valence-electron chi connectivity index (χ0n) is 19.8. The van der Waals surface area contributed by atoms with E-state index < -0.39 is 10.1 Å². The van der Waals surface area contributed by atoms with E-state index in [2.05, 4.69) is 25.3 Å². The highest BCUT2D eigenvalue weighted by Crippen LogP contribution is 2.26. The van der Waals surface area contributed by atoms with Gasteiger partial charge in [0.05, 0.1) is 7.11 Å². The molecule has 0 saturated carbocycles. The van der Waals surface area contributed by atoms with Crippen molar-refractivity contribution in [2.75, 3.05) is 24.0 Å². The Morgan fingerprint density at radius 2 is 1.62 bits per heavy atom. The lowest BCUT2D eigenvalue weighted by Crippen LogP contribution is -2.44. The van der Waals surface area contributed by atoms with Crippen LogP contribution in [0.4, 0.5) is 23.1 Å². The van der Waals surface area contributed by atoms with Crippen molar-refractivity contribution in [1.29, 1.82) is 0 Å². The molecule has 0 amide bonds. The molecule has 3 N–H and O–H groups in total. The van der Waals surface area contributed by atoms with E-state index in [1.807, 2.05) is 83.1 Å². The minimum atomic E-state index is -2.73.